The number of rotatable bonds is 1. The second-order valence-corrected chi connectivity index (χ2v) is 4.78. The Morgan fingerprint density at radius 1 is 0.952 bits per heavy atom. The van der Waals surface area contributed by atoms with Crippen LogP contribution in [-0.2, 0) is 0 Å². The van der Waals surface area contributed by atoms with Crippen LogP contribution >= 0.6 is 0 Å². The lowest BCUT2D eigenvalue weighted by molar-refractivity contribution is -0.0387. The molecule has 1 aliphatic rings. The van der Waals surface area contributed by atoms with Gasteiger partial charge >= 0.3 is 0 Å². The van der Waals surface area contributed by atoms with E-state index in [-0.39, 0.29) is 17.1 Å². The van der Waals surface area contributed by atoms with Crippen LogP contribution in [0.25, 0.3) is 0 Å². The number of hydrogen-bond acceptors (Lipinski definition) is 6. The summed E-state index contributed by atoms with van der Waals surface area (Å²) in [4.78, 5) is 12.5. The summed E-state index contributed by atoms with van der Waals surface area (Å²) >= 11 is 0. The third-order valence-corrected chi connectivity index (χ3v) is 3.41. The summed E-state index contributed by atoms with van der Waals surface area (Å²) in [6, 6.07) is 8.01. The third kappa shape index (κ3) is 2.15. The lowest BCUT2D eigenvalue weighted by Crippen LogP contribution is -2.35. The van der Waals surface area contributed by atoms with E-state index in [9.17, 15) is 25.2 Å². The highest BCUT2D eigenvalue weighted by atomic mass is 16.6. The zero-order chi connectivity index (χ0) is 15.1. The van der Waals surface area contributed by atoms with Crippen molar-refractivity contribution in [3.05, 3.63) is 47.5 Å². The Kier molecular flexibility index (Phi) is 2.95. The third-order valence-electron chi connectivity index (χ3n) is 3.41. The van der Waals surface area contributed by atoms with Crippen molar-refractivity contribution < 1.29 is 30.0 Å². The highest BCUT2D eigenvalue weighted by Gasteiger charge is 2.38. The number of benzene rings is 2. The number of aromatic hydroxyl groups is 3. The Labute approximate surface area is 119 Å². The van der Waals surface area contributed by atoms with Crippen molar-refractivity contribution in [3.8, 4) is 23.0 Å². The van der Waals surface area contributed by atoms with Gasteiger partial charge in [0.05, 0.1) is 5.56 Å². The fraction of sp³-hybridized carbons (Fsp3) is 0.133. The number of fused-ring (bicyclic) bond motifs is 1. The largest absolute Gasteiger partial charge is 0.508 e. The Bertz CT molecular complexity index is 707. The van der Waals surface area contributed by atoms with Gasteiger partial charge < -0.3 is 25.2 Å². The molecule has 2 atom stereocenters. The molecular formula is C15H12O6. The van der Waals surface area contributed by atoms with Gasteiger partial charge in [0.25, 0.3) is 0 Å². The highest BCUT2D eigenvalue weighted by Crippen LogP contribution is 2.41. The molecular weight excluding hydrogens is 276 g/mol. The average Bonchev–Trinajstić information content (AvgIpc) is 2.43. The van der Waals surface area contributed by atoms with Crippen LogP contribution in [0.5, 0.6) is 23.0 Å². The topological polar surface area (TPSA) is 107 Å². The van der Waals surface area contributed by atoms with Crippen molar-refractivity contribution in [3.63, 3.8) is 0 Å². The van der Waals surface area contributed by atoms with E-state index in [1.165, 1.54) is 24.3 Å². The zero-order valence-corrected chi connectivity index (χ0v) is 10.7. The van der Waals surface area contributed by atoms with E-state index >= 15 is 0 Å². The van der Waals surface area contributed by atoms with Crippen molar-refractivity contribution in [2.45, 2.75) is 12.2 Å². The number of Topliss-reactive ketones (excluding diaryl/α,β-unsaturated/α-hetero) is 1. The Morgan fingerprint density at radius 2 is 1.57 bits per heavy atom. The molecule has 6 nitrogen and oxygen atoms in total. The van der Waals surface area contributed by atoms with Crippen molar-refractivity contribution in [1.82, 2.24) is 0 Å². The van der Waals surface area contributed by atoms with E-state index < -0.39 is 29.5 Å². The molecule has 4 N–H and O–H groups in total. The normalized spacial score (nSPS) is 20.7. The summed E-state index contributed by atoms with van der Waals surface area (Å²) in [6.07, 6.45) is -1.42. The van der Waals surface area contributed by atoms with E-state index in [4.69, 9.17) is 4.74 Å². The van der Waals surface area contributed by atoms with Crippen molar-refractivity contribution in [2.24, 2.45) is 0 Å². The zero-order valence-electron chi connectivity index (χ0n) is 10.7. The molecule has 0 saturated heterocycles. The van der Waals surface area contributed by atoms with Crippen LogP contribution in [0, 0.1) is 0 Å². The second-order valence-electron chi connectivity index (χ2n) is 4.78. The van der Waals surface area contributed by atoms with E-state index in [1.54, 1.807) is 0 Å². The number of phenolic OH excluding ortho intramolecular Hbond substituents is 3. The summed E-state index contributed by atoms with van der Waals surface area (Å²) < 4.78 is 5.24. The Hall–Kier alpha value is -2.73. The molecule has 1 heterocycles. The van der Waals surface area contributed by atoms with Crippen LogP contribution in [0.4, 0.5) is 0 Å². The molecule has 3 rings (SSSR count). The smallest absolute Gasteiger partial charge is 0.211 e. The second kappa shape index (κ2) is 4.68. The molecule has 0 radical (unpaired) electrons. The maximum Gasteiger partial charge on any atom is 0.211 e. The summed E-state index contributed by atoms with van der Waals surface area (Å²) in [5.74, 6) is -2.23. The van der Waals surface area contributed by atoms with Gasteiger partial charge in [-0.3, -0.25) is 4.79 Å². The van der Waals surface area contributed by atoms with E-state index in [1.807, 2.05) is 0 Å². The van der Waals surface area contributed by atoms with Crippen molar-refractivity contribution >= 4 is 5.78 Å². The molecule has 0 amide bonds. The molecule has 0 fully saturated rings. The van der Waals surface area contributed by atoms with Crippen LogP contribution in [-0.4, -0.2) is 32.5 Å². The quantitative estimate of drug-likeness (QED) is 0.592. The van der Waals surface area contributed by atoms with Gasteiger partial charge in [0.2, 0.25) is 6.29 Å². The van der Waals surface area contributed by atoms with Crippen LogP contribution in [0.2, 0.25) is 0 Å². The number of aliphatic hydroxyl groups is 1. The van der Waals surface area contributed by atoms with Gasteiger partial charge in [-0.25, -0.2) is 0 Å². The molecule has 2 unspecified atom stereocenters. The monoisotopic (exact) mass is 288 g/mol. The average molecular weight is 288 g/mol. The maximum absolute atomic E-state index is 12.5. The summed E-state index contributed by atoms with van der Waals surface area (Å²) in [5, 5.41) is 38.2. The van der Waals surface area contributed by atoms with E-state index in [2.05, 4.69) is 0 Å². The molecule has 2 aromatic carbocycles. The van der Waals surface area contributed by atoms with Gasteiger partial charge in [0.1, 0.15) is 17.4 Å². The Morgan fingerprint density at radius 3 is 2.24 bits per heavy atom. The minimum absolute atomic E-state index is 0.0119. The number of carbonyl (C=O) groups is 1. The van der Waals surface area contributed by atoms with Gasteiger partial charge in [-0.2, -0.15) is 0 Å². The van der Waals surface area contributed by atoms with Crippen LogP contribution in [0.3, 0.4) is 0 Å². The standard InChI is InChI=1S/C15H12O6/c16-8-3-1-7(2-4-8)13-14(19)9-5-10(17)11(18)6-12(9)21-15(13)20/h1-6,13,15-18,20H. The molecule has 0 aliphatic carbocycles. The fourth-order valence-electron chi connectivity index (χ4n) is 2.34. The number of carbonyl (C=O) groups excluding carboxylic acids is 1. The lowest BCUT2D eigenvalue weighted by atomic mass is 9.87. The maximum atomic E-state index is 12.5. The van der Waals surface area contributed by atoms with Crippen molar-refractivity contribution in [1.29, 1.82) is 0 Å². The summed E-state index contributed by atoms with van der Waals surface area (Å²) in [7, 11) is 0. The number of hydrogen-bond donors (Lipinski definition) is 4. The number of ether oxygens (including phenoxy) is 1. The van der Waals surface area contributed by atoms with E-state index in [0.717, 1.165) is 12.1 Å². The lowest BCUT2D eigenvalue weighted by Gasteiger charge is -2.29. The first kappa shape index (κ1) is 13.3. The summed E-state index contributed by atoms with van der Waals surface area (Å²) in [6.45, 7) is 0. The minimum Gasteiger partial charge on any atom is -0.508 e. The summed E-state index contributed by atoms with van der Waals surface area (Å²) in [5.41, 5.74) is 0.553. The minimum atomic E-state index is -1.42. The van der Waals surface area contributed by atoms with Gasteiger partial charge in [-0.15, -0.1) is 0 Å². The van der Waals surface area contributed by atoms with Crippen LogP contribution in [0.15, 0.2) is 36.4 Å². The first-order valence-electron chi connectivity index (χ1n) is 6.21. The molecule has 1 aliphatic heterocycles. The molecule has 0 bridgehead atoms. The highest BCUT2D eigenvalue weighted by molar-refractivity contribution is 6.05. The van der Waals surface area contributed by atoms with Gasteiger partial charge in [-0.1, -0.05) is 12.1 Å². The number of phenols is 3. The van der Waals surface area contributed by atoms with E-state index in [0.29, 0.717) is 5.56 Å². The number of aliphatic hydroxyl groups excluding tert-OH is 1. The first-order valence-corrected chi connectivity index (χ1v) is 6.21. The van der Waals surface area contributed by atoms with Gasteiger partial charge in [-0.05, 0) is 23.8 Å². The molecule has 0 aromatic heterocycles. The van der Waals surface area contributed by atoms with Crippen LogP contribution < -0.4 is 4.74 Å². The predicted molar refractivity (Wildman–Crippen MR) is 71.6 cm³/mol. The predicted octanol–water partition coefficient (Wildman–Crippen LogP) is 1.48. The van der Waals surface area contributed by atoms with Crippen molar-refractivity contribution in [2.75, 3.05) is 0 Å². The SMILES string of the molecule is O=C1c2cc(O)c(O)cc2OC(O)C1c1ccc(O)cc1. The molecule has 0 saturated carbocycles. The molecule has 0 spiro atoms. The van der Waals surface area contributed by atoms with Gasteiger partial charge in [0.15, 0.2) is 17.3 Å². The molecule has 21 heavy (non-hydrogen) atoms. The Balaban J connectivity index is 2.06. The first-order chi connectivity index (χ1) is 9.97. The molecule has 108 valence electrons. The fourth-order valence-corrected chi connectivity index (χ4v) is 2.34. The van der Waals surface area contributed by atoms with Gasteiger partial charge in [0, 0.05) is 6.07 Å². The molecule has 2 aromatic rings. The van der Waals surface area contributed by atoms with Crippen LogP contribution in [0.1, 0.15) is 21.8 Å². The number of ketones is 1. The molecule has 6 heteroatoms.